The van der Waals surface area contributed by atoms with Gasteiger partial charge in [0, 0.05) is 11.2 Å². The molecular weight excluding hydrogens is 263 g/mol. The van der Waals surface area contributed by atoms with Gasteiger partial charge in [0.15, 0.2) is 0 Å². The normalized spacial score (nSPS) is 10.4. The van der Waals surface area contributed by atoms with Gasteiger partial charge < -0.3 is 10.6 Å². The zero-order valence-electron chi connectivity index (χ0n) is 10.4. The number of carbonyl (C=O) groups is 1. The van der Waals surface area contributed by atoms with Crippen LogP contribution in [0.4, 0.5) is 10.1 Å². The molecule has 1 aromatic heterocycles. The Morgan fingerprint density at radius 1 is 1.58 bits per heavy atom. The minimum atomic E-state index is -0.412. The number of halogens is 1. The van der Waals surface area contributed by atoms with E-state index in [9.17, 15) is 9.18 Å². The molecule has 0 saturated carbocycles. The van der Waals surface area contributed by atoms with E-state index in [1.807, 2.05) is 6.92 Å². The number of nitrogens with two attached hydrogens (primary N) is 1. The highest BCUT2D eigenvalue weighted by molar-refractivity contribution is 7.21. The Kier molecular flexibility index (Phi) is 3.72. The third kappa shape index (κ3) is 2.27. The lowest BCUT2D eigenvalue weighted by Gasteiger charge is -2.17. The topological polar surface area (TPSA) is 46.3 Å². The molecule has 0 aliphatic rings. The summed E-state index contributed by atoms with van der Waals surface area (Å²) < 4.78 is 14.4. The molecule has 1 amide bonds. The summed E-state index contributed by atoms with van der Waals surface area (Å²) in [4.78, 5) is 14.1. The second-order valence-electron chi connectivity index (χ2n) is 3.98. The number of rotatable bonds is 3. The van der Waals surface area contributed by atoms with Crippen molar-refractivity contribution < 1.29 is 9.18 Å². The van der Waals surface area contributed by atoms with Crippen LogP contribution in [0.15, 0.2) is 18.2 Å². The molecule has 2 rings (SSSR count). The summed E-state index contributed by atoms with van der Waals surface area (Å²) in [6.07, 6.45) is 5.23. The maximum atomic E-state index is 13.7. The molecule has 0 saturated heterocycles. The average Bonchev–Trinajstić information content (AvgIpc) is 2.74. The monoisotopic (exact) mass is 276 g/mol. The van der Waals surface area contributed by atoms with Crippen LogP contribution in [0.3, 0.4) is 0 Å². The van der Waals surface area contributed by atoms with E-state index in [4.69, 9.17) is 12.2 Å². The lowest BCUT2D eigenvalue weighted by molar-refractivity contribution is 0.0790. The number of thiophene rings is 1. The smallest absolute Gasteiger partial charge is 0.266 e. The summed E-state index contributed by atoms with van der Waals surface area (Å²) in [6, 6.07) is 4.67. The summed E-state index contributed by atoms with van der Waals surface area (Å²) in [7, 11) is 0. The van der Waals surface area contributed by atoms with Crippen LogP contribution in [0.25, 0.3) is 10.1 Å². The molecule has 98 valence electrons. The molecule has 1 heterocycles. The zero-order chi connectivity index (χ0) is 14.0. The lowest BCUT2D eigenvalue weighted by atomic mass is 10.2. The fourth-order valence-electron chi connectivity index (χ4n) is 1.87. The van der Waals surface area contributed by atoms with Crippen LogP contribution in [0.2, 0.25) is 0 Å². The predicted molar refractivity (Wildman–Crippen MR) is 76.6 cm³/mol. The number of hydrogen-bond acceptors (Lipinski definition) is 3. The number of anilines is 1. The number of benzene rings is 1. The molecular formula is C14H13FN2OS. The van der Waals surface area contributed by atoms with Gasteiger partial charge in [-0.1, -0.05) is 12.0 Å². The van der Waals surface area contributed by atoms with Crippen molar-refractivity contribution in [1.29, 1.82) is 0 Å². The molecule has 1 aromatic carbocycles. The van der Waals surface area contributed by atoms with Gasteiger partial charge in [-0.25, -0.2) is 4.39 Å². The van der Waals surface area contributed by atoms with Gasteiger partial charge in [0.2, 0.25) is 0 Å². The quantitative estimate of drug-likeness (QED) is 0.876. The average molecular weight is 276 g/mol. The van der Waals surface area contributed by atoms with Gasteiger partial charge in [0.25, 0.3) is 5.91 Å². The van der Waals surface area contributed by atoms with Crippen molar-refractivity contribution in [2.24, 2.45) is 0 Å². The van der Waals surface area contributed by atoms with E-state index >= 15 is 0 Å². The Hall–Kier alpha value is -2.06. The molecule has 3 nitrogen and oxygen atoms in total. The maximum absolute atomic E-state index is 13.7. The summed E-state index contributed by atoms with van der Waals surface area (Å²) >= 11 is 1.19. The third-order valence-electron chi connectivity index (χ3n) is 2.85. The van der Waals surface area contributed by atoms with Crippen molar-refractivity contribution in [2.45, 2.75) is 6.92 Å². The lowest BCUT2D eigenvalue weighted by Crippen LogP contribution is -2.30. The first-order valence-corrected chi connectivity index (χ1v) is 6.61. The molecule has 0 atom stereocenters. The molecule has 2 aromatic rings. The van der Waals surface area contributed by atoms with Crippen molar-refractivity contribution >= 4 is 33.0 Å². The van der Waals surface area contributed by atoms with E-state index in [1.165, 1.54) is 22.3 Å². The van der Waals surface area contributed by atoms with Gasteiger partial charge in [-0.3, -0.25) is 4.79 Å². The first kappa shape index (κ1) is 13.4. The molecule has 0 aliphatic carbocycles. The van der Waals surface area contributed by atoms with Crippen LogP contribution in [-0.4, -0.2) is 23.9 Å². The maximum Gasteiger partial charge on any atom is 0.266 e. The van der Waals surface area contributed by atoms with E-state index in [0.29, 0.717) is 21.5 Å². The Morgan fingerprint density at radius 3 is 2.89 bits per heavy atom. The van der Waals surface area contributed by atoms with E-state index in [2.05, 4.69) is 5.92 Å². The molecule has 2 N–H and O–H groups in total. The highest BCUT2D eigenvalue weighted by atomic mass is 32.1. The summed E-state index contributed by atoms with van der Waals surface area (Å²) in [6.45, 7) is 2.53. The third-order valence-corrected chi connectivity index (χ3v) is 4.01. The predicted octanol–water partition coefficient (Wildman–Crippen LogP) is 2.72. The van der Waals surface area contributed by atoms with Gasteiger partial charge in [0.05, 0.1) is 17.6 Å². The van der Waals surface area contributed by atoms with E-state index in [-0.39, 0.29) is 18.1 Å². The molecule has 19 heavy (non-hydrogen) atoms. The highest BCUT2D eigenvalue weighted by Crippen LogP contribution is 2.35. The molecule has 5 heteroatoms. The molecule has 0 bridgehead atoms. The largest absolute Gasteiger partial charge is 0.397 e. The van der Waals surface area contributed by atoms with E-state index in [0.717, 1.165) is 0 Å². The van der Waals surface area contributed by atoms with Crippen LogP contribution >= 0.6 is 11.3 Å². The Balaban J connectivity index is 2.52. The van der Waals surface area contributed by atoms with E-state index < -0.39 is 5.82 Å². The van der Waals surface area contributed by atoms with Crippen molar-refractivity contribution in [2.75, 3.05) is 18.8 Å². The molecule has 0 aliphatic heterocycles. The molecule has 0 unspecified atom stereocenters. The summed E-state index contributed by atoms with van der Waals surface area (Å²) in [5.41, 5.74) is 6.09. The van der Waals surface area contributed by atoms with Crippen molar-refractivity contribution in [3.63, 3.8) is 0 Å². The number of nitrogens with zero attached hydrogens (tertiary/aromatic N) is 1. The Bertz CT molecular complexity index is 672. The number of hydrogen-bond donors (Lipinski definition) is 1. The van der Waals surface area contributed by atoms with Crippen molar-refractivity contribution in [3.8, 4) is 12.3 Å². The fraction of sp³-hybridized carbons (Fsp3) is 0.214. The Morgan fingerprint density at radius 2 is 2.32 bits per heavy atom. The van der Waals surface area contributed by atoms with E-state index in [1.54, 1.807) is 12.1 Å². The van der Waals surface area contributed by atoms with Gasteiger partial charge >= 0.3 is 0 Å². The van der Waals surface area contributed by atoms with Crippen LogP contribution in [0, 0.1) is 18.2 Å². The molecule has 0 fully saturated rings. The second-order valence-corrected chi connectivity index (χ2v) is 5.03. The standard InChI is InChI=1S/C14H13FN2OS/c1-3-8-17(4-2)14(18)13-12(16)11-9(15)6-5-7-10(11)19-13/h1,5-7H,4,8,16H2,2H3. The summed E-state index contributed by atoms with van der Waals surface area (Å²) in [5, 5.41) is 0.313. The number of terminal acetylenes is 1. The number of carbonyl (C=O) groups excluding carboxylic acids is 1. The van der Waals surface area contributed by atoms with Crippen LogP contribution in [-0.2, 0) is 0 Å². The van der Waals surface area contributed by atoms with Gasteiger partial charge in [-0.2, -0.15) is 0 Å². The van der Waals surface area contributed by atoms with Crippen molar-refractivity contribution in [3.05, 3.63) is 28.9 Å². The minimum Gasteiger partial charge on any atom is -0.397 e. The Labute approximate surface area is 114 Å². The van der Waals surface area contributed by atoms with Gasteiger partial charge in [-0.15, -0.1) is 17.8 Å². The first-order chi connectivity index (χ1) is 9.10. The first-order valence-electron chi connectivity index (χ1n) is 5.79. The number of amides is 1. The minimum absolute atomic E-state index is 0.193. The second kappa shape index (κ2) is 5.29. The fourth-order valence-corrected chi connectivity index (χ4v) is 2.97. The highest BCUT2D eigenvalue weighted by Gasteiger charge is 2.22. The molecule has 0 spiro atoms. The van der Waals surface area contributed by atoms with Crippen LogP contribution in [0.5, 0.6) is 0 Å². The summed E-state index contributed by atoms with van der Waals surface area (Å²) in [5.74, 6) is 1.77. The van der Waals surface area contributed by atoms with Crippen LogP contribution < -0.4 is 5.73 Å². The van der Waals surface area contributed by atoms with Crippen LogP contribution in [0.1, 0.15) is 16.6 Å². The van der Waals surface area contributed by atoms with Crippen molar-refractivity contribution in [1.82, 2.24) is 4.90 Å². The molecule has 0 radical (unpaired) electrons. The van der Waals surface area contributed by atoms with Gasteiger partial charge in [-0.05, 0) is 19.1 Å². The number of fused-ring (bicyclic) bond motifs is 1. The SMILES string of the molecule is C#CCN(CC)C(=O)c1sc2cccc(F)c2c1N. The van der Waals surface area contributed by atoms with Gasteiger partial charge in [0.1, 0.15) is 10.7 Å². The number of nitrogen functional groups attached to an aromatic ring is 1. The zero-order valence-corrected chi connectivity index (χ0v) is 11.3.